The molecule has 0 amide bonds. The van der Waals surface area contributed by atoms with Gasteiger partial charge in [-0.1, -0.05) is 6.07 Å². The Morgan fingerprint density at radius 2 is 2.28 bits per heavy atom. The molecule has 154 valence electrons. The van der Waals surface area contributed by atoms with E-state index in [1.165, 1.54) is 16.2 Å². The fourth-order valence-electron chi connectivity index (χ4n) is 3.75. The molecule has 0 bridgehead atoms. The average molecular weight is 434 g/mol. The molecule has 7 nitrogen and oxygen atoms in total. The molecule has 0 aromatic carbocycles. The highest BCUT2D eigenvalue weighted by molar-refractivity contribution is 7.20. The van der Waals surface area contributed by atoms with E-state index >= 15 is 0 Å². The molecule has 1 atom stereocenters. The molecule has 1 saturated heterocycles. The van der Waals surface area contributed by atoms with Gasteiger partial charge in [0.2, 0.25) is 0 Å². The third-order valence-corrected chi connectivity index (χ3v) is 7.28. The van der Waals surface area contributed by atoms with Gasteiger partial charge in [0.05, 0.1) is 18.5 Å². The molecule has 1 N–H and O–H groups in total. The fraction of sp³-hybridized carbons (Fsp3) is 0.450. The van der Waals surface area contributed by atoms with Crippen LogP contribution in [0.4, 0.5) is 0 Å². The van der Waals surface area contributed by atoms with E-state index in [9.17, 15) is 9.59 Å². The van der Waals surface area contributed by atoms with Crippen LogP contribution in [0.25, 0.3) is 10.2 Å². The molecular formula is C20H23N3O4S2. The van der Waals surface area contributed by atoms with E-state index in [-0.39, 0.29) is 12.2 Å². The number of hydrogen-bond acceptors (Lipinski definition) is 8. The van der Waals surface area contributed by atoms with Gasteiger partial charge in [0, 0.05) is 18.0 Å². The topological polar surface area (TPSA) is 84.5 Å². The number of aromatic nitrogens is 2. The molecule has 1 fully saturated rings. The summed E-state index contributed by atoms with van der Waals surface area (Å²) in [5.74, 6) is 0.187. The van der Waals surface area contributed by atoms with E-state index in [4.69, 9.17) is 9.47 Å². The summed E-state index contributed by atoms with van der Waals surface area (Å²) in [7, 11) is 1.55. The van der Waals surface area contributed by atoms with Crippen molar-refractivity contribution in [2.45, 2.75) is 32.4 Å². The lowest BCUT2D eigenvalue weighted by Crippen LogP contribution is -2.25. The van der Waals surface area contributed by atoms with E-state index in [1.54, 1.807) is 25.4 Å². The number of hydrogen-bond donors (Lipinski definition) is 1. The number of aromatic amines is 1. The van der Waals surface area contributed by atoms with Crippen LogP contribution in [-0.2, 0) is 16.0 Å². The van der Waals surface area contributed by atoms with Crippen LogP contribution >= 0.6 is 22.7 Å². The number of esters is 1. The number of aryl methyl sites for hydroxylation is 1. The quantitative estimate of drug-likeness (QED) is 0.454. The van der Waals surface area contributed by atoms with Crippen LogP contribution in [0.15, 0.2) is 22.3 Å². The van der Waals surface area contributed by atoms with Gasteiger partial charge in [0.15, 0.2) is 0 Å². The van der Waals surface area contributed by atoms with Crippen LogP contribution in [0, 0.1) is 6.92 Å². The maximum Gasteiger partial charge on any atom is 0.348 e. The van der Waals surface area contributed by atoms with E-state index < -0.39 is 5.97 Å². The Morgan fingerprint density at radius 3 is 3.03 bits per heavy atom. The zero-order chi connectivity index (χ0) is 20.4. The van der Waals surface area contributed by atoms with Gasteiger partial charge in [-0.2, -0.15) is 0 Å². The highest BCUT2D eigenvalue weighted by Crippen LogP contribution is 2.35. The molecule has 29 heavy (non-hydrogen) atoms. The molecule has 1 unspecified atom stereocenters. The normalized spacial score (nSPS) is 17.2. The van der Waals surface area contributed by atoms with Crippen LogP contribution in [0.3, 0.4) is 0 Å². The number of ether oxygens (including phenoxy) is 2. The van der Waals surface area contributed by atoms with Crippen molar-refractivity contribution < 1.29 is 14.3 Å². The van der Waals surface area contributed by atoms with Crippen molar-refractivity contribution in [2.24, 2.45) is 0 Å². The summed E-state index contributed by atoms with van der Waals surface area (Å²) in [6, 6.07) is 4.61. The predicted molar refractivity (Wildman–Crippen MR) is 114 cm³/mol. The first kappa shape index (κ1) is 20.2. The van der Waals surface area contributed by atoms with Crippen LogP contribution in [-0.4, -0.2) is 47.7 Å². The number of likely N-dealkylation sites (tertiary alicyclic amines) is 1. The average Bonchev–Trinajstić information content (AvgIpc) is 3.42. The summed E-state index contributed by atoms with van der Waals surface area (Å²) in [6.45, 7) is 3.83. The summed E-state index contributed by atoms with van der Waals surface area (Å²) in [5, 5.41) is 2.56. The Labute approximate surface area is 176 Å². The number of fused-ring (bicyclic) bond motifs is 1. The van der Waals surface area contributed by atoms with E-state index in [2.05, 4.69) is 32.4 Å². The van der Waals surface area contributed by atoms with Gasteiger partial charge < -0.3 is 14.5 Å². The lowest BCUT2D eigenvalue weighted by atomic mass is 10.2. The first-order valence-corrected chi connectivity index (χ1v) is 11.2. The largest absolute Gasteiger partial charge is 0.459 e. The second-order valence-corrected chi connectivity index (χ2v) is 9.00. The highest BCUT2D eigenvalue weighted by Gasteiger charge is 2.28. The van der Waals surface area contributed by atoms with Crippen LogP contribution in [0.2, 0.25) is 0 Å². The van der Waals surface area contributed by atoms with Crippen molar-refractivity contribution in [3.63, 3.8) is 0 Å². The van der Waals surface area contributed by atoms with Crippen molar-refractivity contribution in [2.75, 3.05) is 26.9 Å². The van der Waals surface area contributed by atoms with Crippen molar-refractivity contribution in [1.82, 2.24) is 14.9 Å². The Morgan fingerprint density at radius 1 is 1.41 bits per heavy atom. The third kappa shape index (κ3) is 4.13. The molecule has 4 heterocycles. The van der Waals surface area contributed by atoms with Gasteiger partial charge in [-0.15, -0.1) is 22.7 Å². The molecule has 9 heteroatoms. The van der Waals surface area contributed by atoms with E-state index in [0.717, 1.165) is 19.4 Å². The molecule has 1 aliphatic rings. The number of methoxy groups -OCH3 is 1. The van der Waals surface area contributed by atoms with Gasteiger partial charge in [-0.3, -0.25) is 9.69 Å². The minimum absolute atomic E-state index is 0.178. The minimum atomic E-state index is -0.444. The van der Waals surface area contributed by atoms with Crippen molar-refractivity contribution in [1.29, 1.82) is 0 Å². The zero-order valence-corrected chi connectivity index (χ0v) is 18.0. The van der Waals surface area contributed by atoms with Crippen LogP contribution in [0.5, 0.6) is 0 Å². The van der Waals surface area contributed by atoms with Gasteiger partial charge in [0.1, 0.15) is 22.1 Å². The number of nitrogens with zero attached hydrogens (tertiary/aromatic N) is 2. The van der Waals surface area contributed by atoms with Gasteiger partial charge in [-0.05, 0) is 43.3 Å². The highest BCUT2D eigenvalue weighted by atomic mass is 32.1. The molecule has 4 rings (SSSR count). The number of rotatable bonds is 7. The second kappa shape index (κ2) is 8.74. The lowest BCUT2D eigenvalue weighted by Gasteiger charge is -2.22. The number of carbonyl (C=O) groups excluding carboxylic acids is 1. The Balaban J connectivity index is 1.59. The third-order valence-electron chi connectivity index (χ3n) is 5.14. The zero-order valence-electron chi connectivity index (χ0n) is 16.4. The minimum Gasteiger partial charge on any atom is -0.459 e. The molecule has 1 aliphatic heterocycles. The molecule has 3 aromatic heterocycles. The number of H-pyrrole nitrogens is 1. The standard InChI is InChI=1S/C20H23N3O4S2/c1-12-16-18(24)21-15(11-23-7-3-5-13(23)14-6-4-10-28-14)22-19(16)29-17(12)20(25)27-9-8-26-2/h4,6,10,13H,3,5,7-9,11H2,1-2H3,(H,21,22,24). The summed E-state index contributed by atoms with van der Waals surface area (Å²) >= 11 is 2.98. The van der Waals surface area contributed by atoms with Crippen molar-refractivity contribution >= 4 is 38.9 Å². The summed E-state index contributed by atoms with van der Waals surface area (Å²) in [5.41, 5.74) is 0.409. The summed E-state index contributed by atoms with van der Waals surface area (Å²) in [4.78, 5) is 37.4. The number of carbonyl (C=O) groups is 1. The first-order chi connectivity index (χ1) is 14.1. The number of nitrogens with one attached hydrogen (secondary N) is 1. The van der Waals surface area contributed by atoms with Gasteiger partial charge in [-0.25, -0.2) is 9.78 Å². The van der Waals surface area contributed by atoms with E-state index in [0.29, 0.717) is 45.7 Å². The first-order valence-electron chi connectivity index (χ1n) is 9.54. The van der Waals surface area contributed by atoms with Gasteiger partial charge >= 0.3 is 5.97 Å². The summed E-state index contributed by atoms with van der Waals surface area (Å²) < 4.78 is 10.1. The fourth-order valence-corrected chi connectivity index (χ4v) is 5.74. The molecule has 0 spiro atoms. The Bertz CT molecular complexity index is 1060. The monoisotopic (exact) mass is 433 g/mol. The SMILES string of the molecule is COCCOC(=O)c1sc2nc(CN3CCCC3c3cccs3)[nH]c(=O)c2c1C. The second-order valence-electron chi connectivity index (χ2n) is 7.02. The molecular weight excluding hydrogens is 410 g/mol. The predicted octanol–water partition coefficient (Wildman–Crippen LogP) is 3.49. The Kier molecular flexibility index (Phi) is 6.09. The van der Waals surface area contributed by atoms with Crippen LogP contribution in [0.1, 0.15) is 44.8 Å². The maximum atomic E-state index is 12.7. The molecule has 0 radical (unpaired) electrons. The summed E-state index contributed by atoms with van der Waals surface area (Å²) in [6.07, 6.45) is 2.24. The molecule has 3 aromatic rings. The van der Waals surface area contributed by atoms with Crippen LogP contribution < -0.4 is 5.56 Å². The number of thiophene rings is 2. The van der Waals surface area contributed by atoms with Gasteiger partial charge in [0.25, 0.3) is 5.56 Å². The smallest absolute Gasteiger partial charge is 0.348 e. The van der Waals surface area contributed by atoms with E-state index in [1.807, 2.05) is 0 Å². The molecule has 0 saturated carbocycles. The van der Waals surface area contributed by atoms with Crippen molar-refractivity contribution in [3.05, 3.63) is 49.0 Å². The molecule has 0 aliphatic carbocycles. The Hall–Kier alpha value is -2.07. The lowest BCUT2D eigenvalue weighted by molar-refractivity contribution is 0.0393. The maximum absolute atomic E-state index is 12.7. The van der Waals surface area contributed by atoms with Crippen molar-refractivity contribution in [3.8, 4) is 0 Å².